The summed E-state index contributed by atoms with van der Waals surface area (Å²) < 4.78 is 6.65. The Labute approximate surface area is 162 Å². The van der Waals surface area contributed by atoms with Crippen LogP contribution in [0.3, 0.4) is 0 Å². The van der Waals surface area contributed by atoms with Crippen molar-refractivity contribution in [2.45, 2.75) is 24.9 Å². The van der Waals surface area contributed by atoms with Gasteiger partial charge in [-0.25, -0.2) is 4.79 Å². The van der Waals surface area contributed by atoms with Crippen LogP contribution in [-0.2, 0) is 16.8 Å². The Bertz CT molecular complexity index is 914. The monoisotopic (exact) mass is 381 g/mol. The number of hydrogen-bond donors (Lipinski definition) is 3. The second-order valence-electron chi connectivity index (χ2n) is 6.91. The lowest BCUT2D eigenvalue weighted by molar-refractivity contribution is 0.0523. The Balaban J connectivity index is 1.38. The van der Waals surface area contributed by atoms with E-state index in [1.807, 2.05) is 36.4 Å². The minimum atomic E-state index is -0.385. The maximum atomic E-state index is 12.3. The van der Waals surface area contributed by atoms with Crippen LogP contribution in [0.2, 0.25) is 0 Å². The number of thiophene rings is 1. The van der Waals surface area contributed by atoms with Crippen LogP contribution in [-0.4, -0.2) is 19.2 Å². The van der Waals surface area contributed by atoms with E-state index in [-0.39, 0.29) is 11.6 Å². The molecule has 0 saturated carbocycles. The van der Waals surface area contributed by atoms with Crippen molar-refractivity contribution in [1.29, 1.82) is 0 Å². The van der Waals surface area contributed by atoms with Gasteiger partial charge >= 0.3 is 6.03 Å². The summed E-state index contributed by atoms with van der Waals surface area (Å²) in [6.07, 6.45) is 1.57. The molecule has 2 heterocycles. The molecule has 4 rings (SSSR count). The highest BCUT2D eigenvalue weighted by atomic mass is 32.1. The molecule has 1 saturated heterocycles. The number of ether oxygens (including phenoxy) is 1. The van der Waals surface area contributed by atoms with Gasteiger partial charge in [-0.15, -0.1) is 11.3 Å². The normalized spacial score (nSPS) is 16.2. The Kier molecular flexibility index (Phi) is 5.11. The van der Waals surface area contributed by atoms with Gasteiger partial charge in [-0.1, -0.05) is 30.3 Å². The van der Waals surface area contributed by atoms with E-state index >= 15 is 0 Å². The molecule has 1 aliphatic rings. The molecule has 3 aromatic rings. The Morgan fingerprint density at radius 3 is 2.74 bits per heavy atom. The lowest BCUT2D eigenvalue weighted by Crippen LogP contribution is -2.42. The summed E-state index contributed by atoms with van der Waals surface area (Å²) >= 11 is 1.70. The Hall–Kier alpha value is -2.41. The zero-order valence-corrected chi connectivity index (χ0v) is 15.9. The van der Waals surface area contributed by atoms with Crippen molar-refractivity contribution in [1.82, 2.24) is 5.32 Å². The van der Waals surface area contributed by atoms with Gasteiger partial charge in [0.05, 0.1) is 6.54 Å². The van der Waals surface area contributed by atoms with Crippen molar-refractivity contribution in [3.05, 3.63) is 65.0 Å². The molecule has 0 unspecified atom stereocenters. The molecule has 27 heavy (non-hydrogen) atoms. The van der Waals surface area contributed by atoms with Crippen LogP contribution in [0.1, 0.15) is 23.3 Å². The molecule has 1 fully saturated rings. The van der Waals surface area contributed by atoms with Crippen molar-refractivity contribution in [3.8, 4) is 0 Å². The van der Waals surface area contributed by atoms with Crippen molar-refractivity contribution < 1.29 is 9.53 Å². The highest BCUT2D eigenvalue weighted by Crippen LogP contribution is 2.30. The third kappa shape index (κ3) is 4.13. The van der Waals surface area contributed by atoms with Crippen molar-refractivity contribution >= 4 is 33.1 Å². The van der Waals surface area contributed by atoms with E-state index in [1.165, 1.54) is 10.1 Å². The first-order valence-corrected chi connectivity index (χ1v) is 9.94. The summed E-state index contributed by atoms with van der Waals surface area (Å²) in [6.45, 7) is 1.84. The number of nitrogens with two attached hydrogens (primary N) is 1. The number of benzene rings is 2. The van der Waals surface area contributed by atoms with E-state index < -0.39 is 0 Å². The Morgan fingerprint density at radius 1 is 1.11 bits per heavy atom. The van der Waals surface area contributed by atoms with Gasteiger partial charge in [-0.2, -0.15) is 0 Å². The largest absolute Gasteiger partial charge is 0.381 e. The third-order valence-electron chi connectivity index (χ3n) is 4.98. The predicted octanol–water partition coefficient (Wildman–Crippen LogP) is 4.19. The van der Waals surface area contributed by atoms with Crippen LogP contribution in [0.25, 0.3) is 10.1 Å². The number of hydrogen-bond acceptors (Lipinski definition) is 4. The zero-order valence-electron chi connectivity index (χ0n) is 15.0. The van der Waals surface area contributed by atoms with E-state index in [9.17, 15) is 4.79 Å². The van der Waals surface area contributed by atoms with Gasteiger partial charge in [0.25, 0.3) is 0 Å². The molecule has 0 aliphatic carbocycles. The Morgan fingerprint density at radius 2 is 1.93 bits per heavy atom. The second kappa shape index (κ2) is 7.68. The highest BCUT2D eigenvalue weighted by molar-refractivity contribution is 7.19. The molecule has 2 amide bonds. The topological polar surface area (TPSA) is 76.4 Å². The molecule has 1 aromatic heterocycles. The van der Waals surface area contributed by atoms with E-state index in [1.54, 1.807) is 11.3 Å². The van der Waals surface area contributed by atoms with Gasteiger partial charge in [0.2, 0.25) is 0 Å². The van der Waals surface area contributed by atoms with Crippen molar-refractivity contribution in [2.24, 2.45) is 5.73 Å². The van der Waals surface area contributed by atoms with Gasteiger partial charge in [-0.05, 0) is 48.1 Å². The van der Waals surface area contributed by atoms with Crippen LogP contribution in [0, 0.1) is 0 Å². The van der Waals surface area contributed by atoms with E-state index in [2.05, 4.69) is 28.8 Å². The average Bonchev–Trinajstić information content (AvgIpc) is 3.10. The van der Waals surface area contributed by atoms with Gasteiger partial charge in [0, 0.05) is 34.0 Å². The van der Waals surface area contributed by atoms with Crippen LogP contribution in [0.4, 0.5) is 10.5 Å². The van der Waals surface area contributed by atoms with E-state index in [0.29, 0.717) is 19.8 Å². The molecule has 0 atom stereocenters. The maximum absolute atomic E-state index is 12.3. The third-order valence-corrected chi connectivity index (χ3v) is 6.10. The van der Waals surface area contributed by atoms with E-state index in [0.717, 1.165) is 29.0 Å². The fraction of sp³-hybridized carbons (Fsp3) is 0.286. The fourth-order valence-corrected chi connectivity index (χ4v) is 4.40. The molecule has 6 heteroatoms. The predicted molar refractivity (Wildman–Crippen MR) is 110 cm³/mol. The molecule has 5 nitrogen and oxygen atoms in total. The number of carbonyl (C=O) groups is 1. The average molecular weight is 382 g/mol. The summed E-state index contributed by atoms with van der Waals surface area (Å²) in [5.41, 5.74) is 7.94. The molecular formula is C21H23N3O2S. The molecular weight excluding hydrogens is 358 g/mol. The molecule has 2 aromatic carbocycles. The van der Waals surface area contributed by atoms with Crippen molar-refractivity contribution in [3.63, 3.8) is 0 Å². The van der Waals surface area contributed by atoms with Gasteiger partial charge < -0.3 is 21.1 Å². The summed E-state index contributed by atoms with van der Waals surface area (Å²) in [4.78, 5) is 13.4. The minimum Gasteiger partial charge on any atom is -0.381 e. The first-order valence-electron chi connectivity index (χ1n) is 9.12. The molecule has 4 N–H and O–H groups in total. The standard InChI is InChI=1S/C21H23N3O2S/c22-21(8-10-26-11-9-21)16-5-3-6-17(13-16)24-20(25)23-14-18-12-15-4-1-2-7-19(15)27-18/h1-7,12-13H,8-11,14,22H2,(H2,23,24,25). The highest BCUT2D eigenvalue weighted by Gasteiger charge is 2.30. The number of nitrogens with one attached hydrogen (secondary N) is 2. The van der Waals surface area contributed by atoms with Crippen LogP contribution < -0.4 is 16.4 Å². The molecule has 0 radical (unpaired) electrons. The summed E-state index contributed by atoms with van der Waals surface area (Å²) in [5, 5.41) is 7.04. The van der Waals surface area contributed by atoms with Gasteiger partial charge in [-0.3, -0.25) is 0 Å². The number of anilines is 1. The van der Waals surface area contributed by atoms with Crippen molar-refractivity contribution in [2.75, 3.05) is 18.5 Å². The number of amides is 2. The van der Waals surface area contributed by atoms with Crippen LogP contribution >= 0.6 is 11.3 Å². The lowest BCUT2D eigenvalue weighted by Gasteiger charge is -2.34. The molecule has 0 bridgehead atoms. The number of fused-ring (bicyclic) bond motifs is 1. The number of carbonyl (C=O) groups excluding carboxylic acids is 1. The fourth-order valence-electron chi connectivity index (χ4n) is 3.40. The molecule has 1 aliphatic heterocycles. The lowest BCUT2D eigenvalue weighted by atomic mass is 9.84. The minimum absolute atomic E-state index is 0.220. The first kappa shape index (κ1) is 18.0. The second-order valence-corrected chi connectivity index (χ2v) is 8.08. The van der Waals surface area contributed by atoms with Gasteiger partial charge in [0.1, 0.15) is 0 Å². The quantitative estimate of drug-likeness (QED) is 0.634. The maximum Gasteiger partial charge on any atom is 0.319 e. The van der Waals surface area contributed by atoms with Gasteiger partial charge in [0.15, 0.2) is 0 Å². The summed E-state index contributed by atoms with van der Waals surface area (Å²) in [5.74, 6) is 0. The number of urea groups is 1. The first-order chi connectivity index (χ1) is 13.1. The molecule has 140 valence electrons. The zero-order chi connectivity index (χ0) is 18.7. The van der Waals surface area contributed by atoms with Crippen LogP contribution in [0.15, 0.2) is 54.6 Å². The SMILES string of the molecule is NC1(c2cccc(NC(=O)NCc3cc4ccccc4s3)c2)CCOCC1. The van der Waals surface area contributed by atoms with E-state index in [4.69, 9.17) is 10.5 Å². The summed E-state index contributed by atoms with van der Waals surface area (Å²) in [7, 11) is 0. The smallest absolute Gasteiger partial charge is 0.319 e. The van der Waals surface area contributed by atoms with Crippen LogP contribution in [0.5, 0.6) is 0 Å². The number of rotatable bonds is 4. The summed E-state index contributed by atoms with van der Waals surface area (Å²) in [6, 6.07) is 17.9. The molecule has 0 spiro atoms.